The number of nitrogens with zero attached hydrogens (tertiary/aromatic N) is 2. The number of halogens is 3. The van der Waals surface area contributed by atoms with Crippen LogP contribution in [0.4, 0.5) is 4.39 Å². The molecule has 86 valence electrons. The van der Waals surface area contributed by atoms with Gasteiger partial charge >= 0.3 is 0 Å². The molecule has 17 heavy (non-hydrogen) atoms. The molecule has 2 aromatic rings. The Bertz CT molecular complexity index is 589. The summed E-state index contributed by atoms with van der Waals surface area (Å²) in [6.07, 6.45) is 3.55. The van der Waals surface area contributed by atoms with Gasteiger partial charge in [0, 0.05) is 18.0 Å². The van der Waals surface area contributed by atoms with Crippen molar-refractivity contribution in [3.05, 3.63) is 57.8 Å². The summed E-state index contributed by atoms with van der Waals surface area (Å²) in [4.78, 5) is 19.3. The lowest BCUT2D eigenvalue weighted by Crippen LogP contribution is -2.05. The minimum absolute atomic E-state index is 0.0171. The van der Waals surface area contributed by atoms with Crippen molar-refractivity contribution in [3.63, 3.8) is 0 Å². The van der Waals surface area contributed by atoms with Crippen LogP contribution in [-0.2, 0) is 0 Å². The molecule has 3 nitrogen and oxygen atoms in total. The minimum atomic E-state index is -0.596. The zero-order valence-electron chi connectivity index (χ0n) is 8.32. The van der Waals surface area contributed by atoms with Gasteiger partial charge in [0.1, 0.15) is 11.5 Å². The molecule has 6 heteroatoms. The van der Waals surface area contributed by atoms with Gasteiger partial charge in [0.2, 0.25) is 5.78 Å². The third-order valence-electron chi connectivity index (χ3n) is 1.99. The average Bonchev–Trinajstić information content (AvgIpc) is 2.28. The van der Waals surface area contributed by atoms with Crippen molar-refractivity contribution in [1.29, 1.82) is 0 Å². The van der Waals surface area contributed by atoms with Crippen molar-refractivity contribution in [2.45, 2.75) is 0 Å². The van der Waals surface area contributed by atoms with Gasteiger partial charge in [-0.05, 0) is 12.1 Å². The first kappa shape index (κ1) is 12.0. The molecule has 0 aliphatic rings. The van der Waals surface area contributed by atoms with Crippen molar-refractivity contribution >= 4 is 29.0 Å². The zero-order valence-corrected chi connectivity index (χ0v) is 9.84. The number of carbonyl (C=O) groups is 1. The maximum Gasteiger partial charge on any atom is 0.214 e. The third-order valence-corrected chi connectivity index (χ3v) is 2.48. The van der Waals surface area contributed by atoms with Crippen LogP contribution in [0, 0.1) is 5.82 Å². The van der Waals surface area contributed by atoms with E-state index in [9.17, 15) is 9.18 Å². The quantitative estimate of drug-likeness (QED) is 0.788. The van der Waals surface area contributed by atoms with Gasteiger partial charge in [0.15, 0.2) is 0 Å². The molecule has 2 heterocycles. The Kier molecular flexibility index (Phi) is 3.36. The van der Waals surface area contributed by atoms with Gasteiger partial charge in [0.25, 0.3) is 0 Å². The normalized spacial score (nSPS) is 10.3. The fraction of sp³-hybridized carbons (Fsp3) is 0. The van der Waals surface area contributed by atoms with E-state index in [4.69, 9.17) is 23.2 Å². The first-order chi connectivity index (χ1) is 8.08. The van der Waals surface area contributed by atoms with Crippen LogP contribution in [0.25, 0.3) is 0 Å². The first-order valence-electron chi connectivity index (χ1n) is 4.54. The molecule has 0 bridgehead atoms. The molecular formula is C11H5Cl2FN2O. The fourth-order valence-corrected chi connectivity index (χ4v) is 1.72. The summed E-state index contributed by atoms with van der Waals surface area (Å²) >= 11 is 11.5. The van der Waals surface area contributed by atoms with Crippen molar-refractivity contribution < 1.29 is 9.18 Å². The van der Waals surface area contributed by atoms with Crippen LogP contribution >= 0.6 is 23.2 Å². The summed E-state index contributed by atoms with van der Waals surface area (Å²) in [6, 6.07) is 2.47. The Morgan fingerprint density at radius 2 is 1.94 bits per heavy atom. The highest BCUT2D eigenvalue weighted by Gasteiger charge is 2.15. The number of carbonyl (C=O) groups excluding carboxylic acids is 1. The van der Waals surface area contributed by atoms with Gasteiger partial charge in [-0.25, -0.2) is 9.37 Å². The zero-order chi connectivity index (χ0) is 12.4. The van der Waals surface area contributed by atoms with Crippen LogP contribution in [0.15, 0.2) is 30.7 Å². The van der Waals surface area contributed by atoms with Gasteiger partial charge in [0.05, 0.1) is 16.2 Å². The van der Waals surface area contributed by atoms with Crippen LogP contribution in [0.1, 0.15) is 16.1 Å². The Balaban J connectivity index is 2.44. The molecule has 0 aromatic carbocycles. The molecule has 0 saturated carbocycles. The van der Waals surface area contributed by atoms with E-state index in [1.165, 1.54) is 18.5 Å². The van der Waals surface area contributed by atoms with E-state index < -0.39 is 11.6 Å². The number of pyridine rings is 2. The molecule has 0 amide bonds. The summed E-state index contributed by atoms with van der Waals surface area (Å²) in [7, 11) is 0. The molecule has 0 aliphatic carbocycles. The molecule has 0 saturated heterocycles. The predicted octanol–water partition coefficient (Wildman–Crippen LogP) is 3.15. The van der Waals surface area contributed by atoms with E-state index >= 15 is 0 Å². The molecule has 0 fully saturated rings. The number of hydrogen-bond donors (Lipinski definition) is 0. The summed E-state index contributed by atoms with van der Waals surface area (Å²) in [6.45, 7) is 0. The number of rotatable bonds is 2. The highest BCUT2D eigenvalue weighted by molar-refractivity contribution is 6.37. The Labute approximate surface area is 106 Å². The van der Waals surface area contributed by atoms with Gasteiger partial charge in [-0.15, -0.1) is 0 Å². The number of hydrogen-bond acceptors (Lipinski definition) is 3. The molecule has 0 atom stereocenters. The van der Waals surface area contributed by atoms with Crippen LogP contribution in [-0.4, -0.2) is 15.8 Å². The second-order valence-electron chi connectivity index (χ2n) is 3.20. The SMILES string of the molecule is O=C(c1cncc(F)c1)c1ncc(Cl)cc1Cl. The maximum absolute atomic E-state index is 12.9. The monoisotopic (exact) mass is 270 g/mol. The fourth-order valence-electron chi connectivity index (χ4n) is 1.25. The smallest absolute Gasteiger partial charge is 0.214 e. The Hall–Kier alpha value is -1.52. The molecule has 0 radical (unpaired) electrons. The molecule has 0 unspecified atom stereocenters. The maximum atomic E-state index is 12.9. The molecule has 2 aromatic heterocycles. The topological polar surface area (TPSA) is 42.9 Å². The first-order valence-corrected chi connectivity index (χ1v) is 5.30. The summed E-state index contributed by atoms with van der Waals surface area (Å²) < 4.78 is 12.9. The van der Waals surface area contributed by atoms with E-state index in [1.54, 1.807) is 0 Å². The van der Waals surface area contributed by atoms with Crippen molar-refractivity contribution in [3.8, 4) is 0 Å². The highest BCUT2D eigenvalue weighted by atomic mass is 35.5. The number of aromatic nitrogens is 2. The lowest BCUT2D eigenvalue weighted by atomic mass is 10.1. The highest BCUT2D eigenvalue weighted by Crippen LogP contribution is 2.20. The summed E-state index contributed by atoms with van der Waals surface area (Å²) in [5, 5.41) is 0.440. The Morgan fingerprint density at radius 3 is 2.59 bits per heavy atom. The molecule has 0 spiro atoms. The van der Waals surface area contributed by atoms with Gasteiger partial charge < -0.3 is 0 Å². The summed E-state index contributed by atoms with van der Waals surface area (Å²) in [5.41, 5.74) is 0.102. The standard InChI is InChI=1S/C11H5Cl2FN2O/c12-7-2-9(13)10(16-4-7)11(17)6-1-8(14)5-15-3-6/h1-5H. The van der Waals surface area contributed by atoms with Gasteiger partial charge in [-0.3, -0.25) is 9.78 Å². The second-order valence-corrected chi connectivity index (χ2v) is 4.05. The predicted molar refractivity (Wildman–Crippen MR) is 61.9 cm³/mol. The third kappa shape index (κ3) is 2.60. The van der Waals surface area contributed by atoms with Crippen LogP contribution in [0.2, 0.25) is 10.0 Å². The van der Waals surface area contributed by atoms with E-state index in [0.29, 0.717) is 5.02 Å². The average molecular weight is 271 g/mol. The van der Waals surface area contributed by atoms with Crippen LogP contribution < -0.4 is 0 Å². The molecule has 2 rings (SSSR count). The summed E-state index contributed by atoms with van der Waals surface area (Å²) in [5.74, 6) is -1.10. The van der Waals surface area contributed by atoms with Crippen molar-refractivity contribution in [2.75, 3.05) is 0 Å². The lowest BCUT2D eigenvalue weighted by molar-refractivity contribution is 0.103. The minimum Gasteiger partial charge on any atom is -0.287 e. The molecule has 0 N–H and O–H groups in total. The Morgan fingerprint density at radius 1 is 1.18 bits per heavy atom. The molecular weight excluding hydrogens is 266 g/mol. The second kappa shape index (κ2) is 4.77. The van der Waals surface area contributed by atoms with Crippen LogP contribution in [0.3, 0.4) is 0 Å². The van der Waals surface area contributed by atoms with Crippen molar-refractivity contribution in [1.82, 2.24) is 9.97 Å². The van der Waals surface area contributed by atoms with E-state index in [0.717, 1.165) is 12.3 Å². The van der Waals surface area contributed by atoms with Crippen molar-refractivity contribution in [2.24, 2.45) is 0 Å². The van der Waals surface area contributed by atoms with E-state index in [2.05, 4.69) is 9.97 Å². The van der Waals surface area contributed by atoms with E-state index in [1.807, 2.05) is 0 Å². The number of ketones is 1. The molecule has 0 aliphatic heterocycles. The van der Waals surface area contributed by atoms with Gasteiger partial charge in [-0.2, -0.15) is 0 Å². The van der Waals surface area contributed by atoms with Gasteiger partial charge in [-0.1, -0.05) is 23.2 Å². The largest absolute Gasteiger partial charge is 0.287 e. The van der Waals surface area contributed by atoms with Crippen LogP contribution in [0.5, 0.6) is 0 Å². The lowest BCUT2D eigenvalue weighted by Gasteiger charge is -2.02. The van der Waals surface area contributed by atoms with E-state index in [-0.39, 0.29) is 16.3 Å².